The van der Waals surface area contributed by atoms with Crippen LogP contribution in [0.5, 0.6) is 0 Å². The Hall–Kier alpha value is -0.120. The van der Waals surface area contributed by atoms with Crippen molar-refractivity contribution in [1.82, 2.24) is 5.32 Å². The van der Waals surface area contributed by atoms with E-state index in [1.807, 2.05) is 0 Å². The van der Waals surface area contributed by atoms with E-state index in [2.05, 4.69) is 5.32 Å². The lowest BCUT2D eigenvalue weighted by Crippen LogP contribution is -2.35. The quantitative estimate of drug-likeness (QED) is 0.681. The van der Waals surface area contributed by atoms with E-state index in [1.54, 1.807) is 0 Å². The smallest absolute Gasteiger partial charge is 0.147 e. The molecule has 3 heteroatoms. The first-order chi connectivity index (χ1) is 6.95. The molecule has 1 aliphatic heterocycles. The normalized spacial score (nSPS) is 28.7. The molecule has 0 radical (unpaired) electrons. The second-order valence-electron chi connectivity index (χ2n) is 4.39. The third-order valence-corrected chi connectivity index (χ3v) is 3.30. The van der Waals surface area contributed by atoms with Crippen LogP contribution in [0.2, 0.25) is 0 Å². The second-order valence-corrected chi connectivity index (χ2v) is 4.39. The van der Waals surface area contributed by atoms with E-state index in [0.717, 1.165) is 32.0 Å². The van der Waals surface area contributed by atoms with Crippen LogP contribution in [0.15, 0.2) is 0 Å². The maximum Gasteiger partial charge on any atom is 0.147 e. The standard InChI is InChI=1S/C11H21NO2/c1-2-10(3-1)4-6-12-8-11-5-7-13-9-14-11/h10-12H,1-9H2. The lowest BCUT2D eigenvalue weighted by atomic mass is 9.83. The molecule has 2 fully saturated rings. The van der Waals surface area contributed by atoms with E-state index < -0.39 is 0 Å². The van der Waals surface area contributed by atoms with Crippen molar-refractivity contribution in [2.24, 2.45) is 5.92 Å². The first kappa shape index (κ1) is 10.4. The minimum atomic E-state index is 0.380. The van der Waals surface area contributed by atoms with Crippen LogP contribution in [0.3, 0.4) is 0 Å². The van der Waals surface area contributed by atoms with E-state index in [0.29, 0.717) is 12.9 Å². The van der Waals surface area contributed by atoms with Crippen LogP contribution in [-0.2, 0) is 9.47 Å². The molecule has 1 N–H and O–H groups in total. The summed E-state index contributed by atoms with van der Waals surface area (Å²) in [5.74, 6) is 1.01. The Kier molecular flexibility index (Phi) is 4.22. The van der Waals surface area contributed by atoms with Gasteiger partial charge < -0.3 is 14.8 Å². The summed E-state index contributed by atoms with van der Waals surface area (Å²) < 4.78 is 10.6. The number of rotatable bonds is 5. The van der Waals surface area contributed by atoms with Gasteiger partial charge in [-0.25, -0.2) is 0 Å². The molecule has 0 spiro atoms. The Morgan fingerprint density at radius 2 is 2.14 bits per heavy atom. The van der Waals surface area contributed by atoms with Gasteiger partial charge in [0.25, 0.3) is 0 Å². The highest BCUT2D eigenvalue weighted by Crippen LogP contribution is 2.28. The third kappa shape index (κ3) is 3.23. The first-order valence-corrected chi connectivity index (χ1v) is 5.85. The molecule has 0 aromatic carbocycles. The molecule has 14 heavy (non-hydrogen) atoms. The molecular weight excluding hydrogens is 178 g/mol. The van der Waals surface area contributed by atoms with Crippen LogP contribution in [0.4, 0.5) is 0 Å². The Bertz CT molecular complexity index is 153. The largest absolute Gasteiger partial charge is 0.355 e. The fraction of sp³-hybridized carbons (Fsp3) is 1.00. The van der Waals surface area contributed by atoms with E-state index in [4.69, 9.17) is 9.47 Å². The molecule has 2 aliphatic rings. The lowest BCUT2D eigenvalue weighted by Gasteiger charge is -2.26. The lowest BCUT2D eigenvalue weighted by molar-refractivity contribution is -0.137. The fourth-order valence-corrected chi connectivity index (χ4v) is 2.01. The van der Waals surface area contributed by atoms with Gasteiger partial charge in [-0.1, -0.05) is 19.3 Å². The van der Waals surface area contributed by atoms with Crippen LogP contribution in [0, 0.1) is 5.92 Å². The zero-order valence-electron chi connectivity index (χ0n) is 8.84. The first-order valence-electron chi connectivity index (χ1n) is 5.85. The molecule has 1 saturated carbocycles. The number of hydrogen-bond donors (Lipinski definition) is 1. The summed E-state index contributed by atoms with van der Waals surface area (Å²) >= 11 is 0. The van der Waals surface area contributed by atoms with Gasteiger partial charge in [0.2, 0.25) is 0 Å². The van der Waals surface area contributed by atoms with Gasteiger partial charge >= 0.3 is 0 Å². The molecule has 82 valence electrons. The molecule has 1 heterocycles. The van der Waals surface area contributed by atoms with Crippen molar-refractivity contribution in [3.05, 3.63) is 0 Å². The van der Waals surface area contributed by atoms with E-state index in [-0.39, 0.29) is 0 Å². The summed E-state index contributed by atoms with van der Waals surface area (Å²) in [4.78, 5) is 0. The summed E-state index contributed by atoms with van der Waals surface area (Å²) in [6.45, 7) is 3.49. The Labute approximate surface area is 86.2 Å². The average molecular weight is 199 g/mol. The number of ether oxygens (including phenoxy) is 2. The van der Waals surface area contributed by atoms with Crippen molar-refractivity contribution in [3.63, 3.8) is 0 Å². The average Bonchev–Trinajstić information content (AvgIpc) is 2.16. The predicted octanol–water partition coefficient (Wildman–Crippen LogP) is 1.53. The molecule has 0 amide bonds. The van der Waals surface area contributed by atoms with Gasteiger partial charge in [0.15, 0.2) is 0 Å². The highest BCUT2D eigenvalue weighted by atomic mass is 16.7. The number of nitrogens with one attached hydrogen (secondary N) is 1. The van der Waals surface area contributed by atoms with E-state index >= 15 is 0 Å². The molecule has 2 rings (SSSR count). The SMILES string of the molecule is C1CC(CCNCC2CCOCO2)C1. The predicted molar refractivity (Wildman–Crippen MR) is 55.1 cm³/mol. The zero-order chi connectivity index (χ0) is 9.64. The molecule has 1 saturated heterocycles. The van der Waals surface area contributed by atoms with Gasteiger partial charge in [0.05, 0.1) is 12.7 Å². The van der Waals surface area contributed by atoms with E-state index in [1.165, 1.54) is 25.7 Å². The monoisotopic (exact) mass is 199 g/mol. The Balaban J connectivity index is 1.45. The molecule has 1 unspecified atom stereocenters. The summed E-state index contributed by atoms with van der Waals surface area (Å²) in [5.41, 5.74) is 0. The van der Waals surface area contributed by atoms with Crippen LogP contribution >= 0.6 is 0 Å². The van der Waals surface area contributed by atoms with Gasteiger partial charge in [0, 0.05) is 6.54 Å². The van der Waals surface area contributed by atoms with Gasteiger partial charge in [-0.15, -0.1) is 0 Å². The van der Waals surface area contributed by atoms with Gasteiger partial charge in [0.1, 0.15) is 6.79 Å². The summed E-state index contributed by atoms with van der Waals surface area (Å²) in [6, 6.07) is 0. The van der Waals surface area contributed by atoms with Crippen LogP contribution in [0.1, 0.15) is 32.1 Å². The van der Waals surface area contributed by atoms with Crippen molar-refractivity contribution in [2.45, 2.75) is 38.2 Å². The van der Waals surface area contributed by atoms with Gasteiger partial charge in [-0.05, 0) is 25.3 Å². The zero-order valence-corrected chi connectivity index (χ0v) is 8.84. The maximum atomic E-state index is 5.44. The molecule has 1 atom stereocenters. The maximum absolute atomic E-state index is 5.44. The molecular formula is C11H21NO2. The highest BCUT2D eigenvalue weighted by molar-refractivity contribution is 4.71. The minimum Gasteiger partial charge on any atom is -0.355 e. The van der Waals surface area contributed by atoms with Crippen LogP contribution in [-0.4, -0.2) is 32.6 Å². The van der Waals surface area contributed by atoms with Crippen molar-refractivity contribution < 1.29 is 9.47 Å². The summed E-state index contributed by atoms with van der Waals surface area (Å²) in [6.07, 6.45) is 7.13. The van der Waals surface area contributed by atoms with Crippen molar-refractivity contribution in [3.8, 4) is 0 Å². The molecule has 0 aromatic heterocycles. The van der Waals surface area contributed by atoms with Crippen molar-refractivity contribution in [1.29, 1.82) is 0 Å². The molecule has 1 aliphatic carbocycles. The van der Waals surface area contributed by atoms with Crippen LogP contribution in [0.25, 0.3) is 0 Å². The van der Waals surface area contributed by atoms with Crippen molar-refractivity contribution in [2.75, 3.05) is 26.5 Å². The Morgan fingerprint density at radius 3 is 2.79 bits per heavy atom. The fourth-order valence-electron chi connectivity index (χ4n) is 2.01. The third-order valence-electron chi connectivity index (χ3n) is 3.30. The van der Waals surface area contributed by atoms with Gasteiger partial charge in [-0.3, -0.25) is 0 Å². The summed E-state index contributed by atoms with van der Waals surface area (Å²) in [5, 5.41) is 3.47. The van der Waals surface area contributed by atoms with E-state index in [9.17, 15) is 0 Å². The molecule has 0 aromatic rings. The Morgan fingerprint density at radius 1 is 1.21 bits per heavy atom. The topological polar surface area (TPSA) is 30.5 Å². The summed E-state index contributed by atoms with van der Waals surface area (Å²) in [7, 11) is 0. The van der Waals surface area contributed by atoms with Gasteiger partial charge in [-0.2, -0.15) is 0 Å². The number of hydrogen-bond acceptors (Lipinski definition) is 3. The van der Waals surface area contributed by atoms with Crippen molar-refractivity contribution >= 4 is 0 Å². The minimum absolute atomic E-state index is 0.380. The molecule has 3 nitrogen and oxygen atoms in total. The molecule has 0 bridgehead atoms. The van der Waals surface area contributed by atoms with Crippen LogP contribution < -0.4 is 5.32 Å². The highest BCUT2D eigenvalue weighted by Gasteiger charge is 2.17. The second kappa shape index (κ2) is 5.69.